The summed E-state index contributed by atoms with van der Waals surface area (Å²) in [5.74, 6) is 0.688. The van der Waals surface area contributed by atoms with Gasteiger partial charge in [-0.15, -0.1) is 0 Å². The number of furan rings is 1. The largest absolute Gasteiger partial charge is 0.507 e. The summed E-state index contributed by atoms with van der Waals surface area (Å²) in [6.45, 7) is 1.99. The minimum atomic E-state index is -0.319. The van der Waals surface area contributed by atoms with Gasteiger partial charge in [0.25, 0.3) is 0 Å². The first-order valence-corrected chi connectivity index (χ1v) is 9.62. The number of pyridine rings is 1. The van der Waals surface area contributed by atoms with Crippen molar-refractivity contribution in [2.45, 2.75) is 13.0 Å². The summed E-state index contributed by atoms with van der Waals surface area (Å²) in [5.41, 5.74) is 4.46. The van der Waals surface area contributed by atoms with E-state index in [9.17, 15) is 9.90 Å². The summed E-state index contributed by atoms with van der Waals surface area (Å²) >= 11 is 0. The van der Waals surface area contributed by atoms with Gasteiger partial charge in [0.05, 0.1) is 5.39 Å². The van der Waals surface area contributed by atoms with E-state index in [1.165, 1.54) is 12.1 Å². The van der Waals surface area contributed by atoms with E-state index >= 15 is 0 Å². The number of nitrogens with zero attached hydrogens (tertiary/aromatic N) is 2. The van der Waals surface area contributed by atoms with Crippen LogP contribution in [0.2, 0.25) is 0 Å². The molecule has 6 rings (SSSR count). The van der Waals surface area contributed by atoms with Crippen molar-refractivity contribution in [3.8, 4) is 11.5 Å². The monoisotopic (exact) mass is 399 g/mol. The second-order valence-electron chi connectivity index (χ2n) is 7.55. The van der Waals surface area contributed by atoms with E-state index in [0.717, 1.165) is 27.8 Å². The van der Waals surface area contributed by atoms with E-state index in [1.807, 2.05) is 44.4 Å². The number of phenolic OH excluding ortho intramolecular Hbond substituents is 1. The number of nitrogens with one attached hydrogen (secondary N) is 1. The number of hydrogen-bond donors (Lipinski definition) is 2. The number of benzene rings is 2. The molecule has 0 saturated carbocycles. The molecular formula is C23H17N3O4. The highest BCUT2D eigenvalue weighted by atomic mass is 16.5. The fourth-order valence-electron chi connectivity index (χ4n) is 4.27. The standard InChI is InChI=1S/C23H17N3O4/c1-11-14(7-12-5-3-4-6-17(12)29-11)19-15-10-24-26(2)23(15)25-21-20-16(28)8-13(27)9-18(20)30-22(19)21/h3-11,24,28H,1-2H3. The molecule has 0 bridgehead atoms. The fraction of sp³-hybridized carbons (Fsp3) is 0.130. The van der Waals surface area contributed by atoms with Crippen LogP contribution in [0.5, 0.6) is 11.5 Å². The number of aromatic hydroxyl groups is 1. The van der Waals surface area contributed by atoms with Crippen molar-refractivity contribution in [2.24, 2.45) is 7.05 Å². The average Bonchev–Trinajstić information content (AvgIpc) is 3.26. The van der Waals surface area contributed by atoms with E-state index in [1.54, 1.807) is 4.68 Å². The summed E-state index contributed by atoms with van der Waals surface area (Å²) < 4.78 is 14.1. The molecule has 148 valence electrons. The molecule has 7 nitrogen and oxygen atoms in total. The van der Waals surface area contributed by atoms with Gasteiger partial charge < -0.3 is 19.4 Å². The van der Waals surface area contributed by atoms with Crippen LogP contribution in [0.1, 0.15) is 18.1 Å². The number of aromatic amines is 1. The fourth-order valence-corrected chi connectivity index (χ4v) is 4.27. The highest BCUT2D eigenvalue weighted by molar-refractivity contribution is 6.15. The first-order chi connectivity index (χ1) is 14.5. The van der Waals surface area contributed by atoms with Crippen LogP contribution in [0, 0.1) is 0 Å². The number of aromatic nitrogens is 3. The highest BCUT2D eigenvalue weighted by Crippen LogP contribution is 2.43. The van der Waals surface area contributed by atoms with Crippen molar-refractivity contribution in [3.63, 3.8) is 0 Å². The quantitative estimate of drug-likeness (QED) is 0.441. The lowest BCUT2D eigenvalue weighted by Gasteiger charge is -2.25. The molecule has 0 saturated heterocycles. The van der Waals surface area contributed by atoms with Crippen LogP contribution in [0.3, 0.4) is 0 Å². The second-order valence-corrected chi connectivity index (χ2v) is 7.55. The van der Waals surface area contributed by atoms with Crippen molar-refractivity contribution >= 4 is 44.8 Å². The van der Waals surface area contributed by atoms with Crippen molar-refractivity contribution in [1.82, 2.24) is 14.8 Å². The maximum Gasteiger partial charge on any atom is 0.186 e. The van der Waals surface area contributed by atoms with E-state index in [4.69, 9.17) is 14.1 Å². The summed E-state index contributed by atoms with van der Waals surface area (Å²) in [6, 6.07) is 10.4. The van der Waals surface area contributed by atoms with Gasteiger partial charge in [0.2, 0.25) is 0 Å². The maximum atomic E-state index is 11.9. The minimum absolute atomic E-state index is 0.139. The second kappa shape index (κ2) is 5.76. The van der Waals surface area contributed by atoms with E-state index in [2.05, 4.69) is 11.2 Å². The van der Waals surface area contributed by atoms with Crippen LogP contribution < -0.4 is 10.2 Å². The van der Waals surface area contributed by atoms with Crippen LogP contribution in [-0.2, 0) is 7.05 Å². The van der Waals surface area contributed by atoms with Gasteiger partial charge in [-0.1, -0.05) is 18.2 Å². The molecule has 2 N–H and O–H groups in total. The number of H-pyrrole nitrogens is 1. The third kappa shape index (κ3) is 2.20. The molecule has 1 unspecified atom stereocenters. The predicted molar refractivity (Wildman–Crippen MR) is 115 cm³/mol. The van der Waals surface area contributed by atoms with E-state index < -0.39 is 0 Å². The van der Waals surface area contributed by atoms with Crippen LogP contribution >= 0.6 is 0 Å². The number of fused-ring (bicyclic) bond motifs is 5. The van der Waals surface area contributed by atoms with Gasteiger partial charge in [-0.3, -0.25) is 9.48 Å². The van der Waals surface area contributed by atoms with Gasteiger partial charge in [0.1, 0.15) is 28.7 Å². The zero-order valence-electron chi connectivity index (χ0n) is 16.3. The van der Waals surface area contributed by atoms with Gasteiger partial charge in [0.15, 0.2) is 16.7 Å². The van der Waals surface area contributed by atoms with Gasteiger partial charge in [-0.05, 0) is 19.1 Å². The van der Waals surface area contributed by atoms with Crippen LogP contribution in [0.15, 0.2) is 51.8 Å². The van der Waals surface area contributed by atoms with Crippen molar-refractivity contribution < 1.29 is 14.3 Å². The first kappa shape index (κ1) is 16.9. The Morgan fingerprint density at radius 2 is 2.07 bits per heavy atom. The lowest BCUT2D eigenvalue weighted by atomic mass is 9.93. The van der Waals surface area contributed by atoms with Gasteiger partial charge in [-0.2, -0.15) is 0 Å². The molecule has 4 heterocycles. The topological polar surface area (TPSA) is 93.3 Å². The molecule has 1 aliphatic rings. The van der Waals surface area contributed by atoms with Gasteiger partial charge in [0, 0.05) is 47.5 Å². The van der Waals surface area contributed by atoms with Crippen LogP contribution in [0.4, 0.5) is 0 Å². The molecule has 5 aromatic rings. The number of aryl methyl sites for hydroxylation is 1. The lowest BCUT2D eigenvalue weighted by molar-refractivity contribution is 0.275. The van der Waals surface area contributed by atoms with Gasteiger partial charge in [-0.25, -0.2) is 4.98 Å². The molecule has 0 radical (unpaired) electrons. The average molecular weight is 399 g/mol. The molecule has 1 aliphatic heterocycles. The molecule has 0 aliphatic carbocycles. The number of para-hydroxylation sites is 1. The number of ether oxygens (including phenoxy) is 1. The zero-order valence-corrected chi connectivity index (χ0v) is 16.3. The molecule has 0 amide bonds. The minimum Gasteiger partial charge on any atom is -0.507 e. The Morgan fingerprint density at radius 1 is 1.23 bits per heavy atom. The number of hydrogen-bond acceptors (Lipinski definition) is 5. The maximum absolute atomic E-state index is 11.9. The number of rotatable bonds is 1. The molecule has 1 atom stereocenters. The van der Waals surface area contributed by atoms with Crippen molar-refractivity contribution in [1.29, 1.82) is 0 Å². The summed E-state index contributed by atoms with van der Waals surface area (Å²) in [4.78, 5) is 16.7. The SMILES string of the molecule is CC1Oc2ccccc2C=C1c1c2c[nH]n(C)c2nc2c1oc1cc(=O)cc(O)c12. The van der Waals surface area contributed by atoms with Gasteiger partial charge >= 0.3 is 0 Å². The van der Waals surface area contributed by atoms with Crippen LogP contribution in [0.25, 0.3) is 44.8 Å². The first-order valence-electron chi connectivity index (χ1n) is 9.62. The Balaban J connectivity index is 1.79. The van der Waals surface area contributed by atoms with Crippen LogP contribution in [-0.4, -0.2) is 26.0 Å². The highest BCUT2D eigenvalue weighted by Gasteiger charge is 2.28. The Hall–Kier alpha value is -4.00. The third-order valence-corrected chi connectivity index (χ3v) is 5.65. The Morgan fingerprint density at radius 3 is 2.93 bits per heavy atom. The smallest absolute Gasteiger partial charge is 0.186 e. The van der Waals surface area contributed by atoms with Crippen molar-refractivity contribution in [3.05, 3.63) is 63.9 Å². The summed E-state index contributed by atoms with van der Waals surface area (Å²) in [5, 5.41) is 14.9. The van der Waals surface area contributed by atoms with Crippen molar-refractivity contribution in [2.75, 3.05) is 0 Å². The predicted octanol–water partition coefficient (Wildman–Crippen LogP) is 4.19. The zero-order chi connectivity index (χ0) is 20.6. The summed E-state index contributed by atoms with van der Waals surface area (Å²) in [7, 11) is 1.87. The summed E-state index contributed by atoms with van der Waals surface area (Å²) in [6.07, 6.45) is 3.74. The Labute approximate surface area is 169 Å². The third-order valence-electron chi connectivity index (χ3n) is 5.65. The molecule has 30 heavy (non-hydrogen) atoms. The molecule has 7 heteroatoms. The molecule has 0 spiro atoms. The lowest BCUT2D eigenvalue weighted by Crippen LogP contribution is -2.18. The van der Waals surface area contributed by atoms with E-state index in [-0.39, 0.29) is 17.3 Å². The molecule has 3 aromatic heterocycles. The molecular weight excluding hydrogens is 382 g/mol. The normalized spacial score (nSPS) is 16.1. The van der Waals surface area contributed by atoms with E-state index in [0.29, 0.717) is 27.7 Å². The molecule has 0 fully saturated rings. The Kier molecular flexibility index (Phi) is 3.25. The number of phenols is 1. The molecule has 2 aromatic carbocycles. The Bertz CT molecular complexity index is 1590.